The van der Waals surface area contributed by atoms with E-state index in [4.69, 9.17) is 0 Å². The molecule has 0 spiro atoms. The molecule has 3 nitrogen and oxygen atoms in total. The van der Waals surface area contributed by atoms with Crippen molar-refractivity contribution < 1.29 is 10.2 Å². The van der Waals surface area contributed by atoms with E-state index >= 15 is 0 Å². The lowest BCUT2D eigenvalue weighted by atomic mass is 9.85. The number of phenolic OH excluding ortho intramolecular Hbond substituents is 1. The van der Waals surface area contributed by atoms with E-state index in [9.17, 15) is 10.2 Å². The first kappa shape index (κ1) is 15.3. The predicted molar refractivity (Wildman–Crippen MR) is 81.9 cm³/mol. The van der Waals surface area contributed by atoms with Gasteiger partial charge in [-0.25, -0.2) is 0 Å². The number of aliphatic hydroxyl groups excluding tert-OH is 1. The minimum Gasteiger partial charge on any atom is -0.508 e. The van der Waals surface area contributed by atoms with E-state index in [0.717, 1.165) is 19.3 Å². The number of phenols is 1. The maximum Gasteiger partial charge on any atom is 0.115 e. The van der Waals surface area contributed by atoms with E-state index in [-0.39, 0.29) is 12.0 Å². The highest BCUT2D eigenvalue weighted by Gasteiger charge is 2.38. The van der Waals surface area contributed by atoms with E-state index in [0.29, 0.717) is 17.8 Å². The van der Waals surface area contributed by atoms with Crippen molar-refractivity contribution in [2.75, 3.05) is 6.61 Å². The molecule has 2 rings (SSSR count). The van der Waals surface area contributed by atoms with Gasteiger partial charge in [0.15, 0.2) is 0 Å². The Kier molecular flexibility index (Phi) is 5.06. The van der Waals surface area contributed by atoms with Gasteiger partial charge in [-0.3, -0.25) is 0 Å². The molecule has 0 saturated heterocycles. The predicted octanol–water partition coefficient (Wildman–Crippen LogP) is 2.85. The van der Waals surface area contributed by atoms with Gasteiger partial charge < -0.3 is 15.5 Å². The Hall–Kier alpha value is -1.06. The van der Waals surface area contributed by atoms with Gasteiger partial charge >= 0.3 is 0 Å². The molecular formula is C17H27NO2. The monoisotopic (exact) mass is 277 g/mol. The Balaban J connectivity index is 1.80. The average molecular weight is 277 g/mol. The number of nitrogens with one attached hydrogen (secondary N) is 1. The largest absolute Gasteiger partial charge is 0.508 e. The van der Waals surface area contributed by atoms with Gasteiger partial charge in [0.25, 0.3) is 0 Å². The van der Waals surface area contributed by atoms with Crippen molar-refractivity contribution in [2.24, 2.45) is 5.41 Å². The summed E-state index contributed by atoms with van der Waals surface area (Å²) in [6, 6.07) is 8.32. The molecule has 0 radical (unpaired) electrons. The smallest absolute Gasteiger partial charge is 0.115 e. The third-order valence-electron chi connectivity index (χ3n) is 4.73. The molecule has 3 heteroatoms. The fraction of sp³-hybridized carbons (Fsp3) is 0.647. The van der Waals surface area contributed by atoms with Crippen molar-refractivity contribution in [3.05, 3.63) is 29.8 Å². The fourth-order valence-corrected chi connectivity index (χ4v) is 3.18. The molecule has 0 aliphatic heterocycles. The van der Waals surface area contributed by atoms with Crippen LogP contribution in [-0.2, 0) is 6.42 Å². The fourth-order valence-electron chi connectivity index (χ4n) is 3.18. The van der Waals surface area contributed by atoms with Crippen molar-refractivity contribution in [2.45, 2.75) is 58.0 Å². The second kappa shape index (κ2) is 6.59. The van der Waals surface area contributed by atoms with Crippen LogP contribution >= 0.6 is 0 Å². The van der Waals surface area contributed by atoms with E-state index in [1.165, 1.54) is 18.4 Å². The number of hydrogen-bond acceptors (Lipinski definition) is 3. The highest BCUT2D eigenvalue weighted by molar-refractivity contribution is 5.25. The molecule has 1 aliphatic carbocycles. The van der Waals surface area contributed by atoms with Gasteiger partial charge in [0.05, 0.1) is 0 Å². The summed E-state index contributed by atoms with van der Waals surface area (Å²) in [6.07, 6.45) is 5.58. The molecule has 1 aromatic rings. The first-order chi connectivity index (χ1) is 9.53. The molecule has 20 heavy (non-hydrogen) atoms. The van der Waals surface area contributed by atoms with Crippen LogP contribution < -0.4 is 5.32 Å². The SMILES string of the molecule is C[C@H](CCc1ccc(O)cc1)N[C@H]1CCC[C@]1(C)CO. The lowest BCUT2D eigenvalue weighted by Crippen LogP contribution is -2.45. The van der Waals surface area contributed by atoms with Crippen molar-refractivity contribution in [1.29, 1.82) is 0 Å². The highest BCUT2D eigenvalue weighted by Crippen LogP contribution is 2.37. The van der Waals surface area contributed by atoms with Gasteiger partial charge in [0, 0.05) is 24.1 Å². The Morgan fingerprint density at radius 1 is 1.35 bits per heavy atom. The van der Waals surface area contributed by atoms with Gasteiger partial charge in [-0.2, -0.15) is 0 Å². The number of aliphatic hydroxyl groups is 1. The third-order valence-corrected chi connectivity index (χ3v) is 4.73. The van der Waals surface area contributed by atoms with Crippen LogP contribution in [0.25, 0.3) is 0 Å². The first-order valence-corrected chi connectivity index (χ1v) is 7.68. The van der Waals surface area contributed by atoms with Crippen LogP contribution in [0.4, 0.5) is 0 Å². The summed E-state index contributed by atoms with van der Waals surface area (Å²) in [6.45, 7) is 4.68. The molecule has 0 heterocycles. The first-order valence-electron chi connectivity index (χ1n) is 7.68. The number of hydrogen-bond donors (Lipinski definition) is 3. The highest BCUT2D eigenvalue weighted by atomic mass is 16.3. The topological polar surface area (TPSA) is 52.5 Å². The normalized spacial score (nSPS) is 27.6. The van der Waals surface area contributed by atoms with Gasteiger partial charge in [-0.15, -0.1) is 0 Å². The maximum absolute atomic E-state index is 9.58. The summed E-state index contributed by atoms with van der Waals surface area (Å²) in [5, 5.41) is 22.5. The Morgan fingerprint density at radius 2 is 2.05 bits per heavy atom. The maximum atomic E-state index is 9.58. The van der Waals surface area contributed by atoms with Gasteiger partial charge in [-0.1, -0.05) is 25.5 Å². The van der Waals surface area contributed by atoms with Crippen LogP contribution in [0.1, 0.15) is 45.1 Å². The molecule has 1 aromatic carbocycles. The summed E-state index contributed by atoms with van der Waals surface area (Å²) in [7, 11) is 0. The summed E-state index contributed by atoms with van der Waals surface area (Å²) in [5.74, 6) is 0.324. The summed E-state index contributed by atoms with van der Waals surface area (Å²) in [4.78, 5) is 0. The van der Waals surface area contributed by atoms with E-state index in [1.54, 1.807) is 12.1 Å². The molecule has 1 aliphatic rings. The van der Waals surface area contributed by atoms with E-state index in [2.05, 4.69) is 19.2 Å². The lowest BCUT2D eigenvalue weighted by Gasteiger charge is -2.32. The molecular weight excluding hydrogens is 250 g/mol. The Labute approximate surface area is 122 Å². The molecule has 0 aromatic heterocycles. The zero-order valence-corrected chi connectivity index (χ0v) is 12.6. The second-order valence-electron chi connectivity index (χ2n) is 6.53. The van der Waals surface area contributed by atoms with E-state index < -0.39 is 0 Å². The van der Waals surface area contributed by atoms with Crippen LogP contribution in [0, 0.1) is 5.41 Å². The quantitative estimate of drug-likeness (QED) is 0.749. The minimum atomic E-state index is 0.0484. The zero-order chi connectivity index (χ0) is 14.6. The summed E-state index contributed by atoms with van der Waals surface area (Å²) >= 11 is 0. The van der Waals surface area contributed by atoms with Crippen molar-refractivity contribution in [3.8, 4) is 5.75 Å². The Bertz CT molecular complexity index is 418. The zero-order valence-electron chi connectivity index (χ0n) is 12.6. The van der Waals surface area contributed by atoms with Crippen LogP contribution in [0.3, 0.4) is 0 Å². The summed E-state index contributed by atoms with van der Waals surface area (Å²) in [5.41, 5.74) is 1.31. The minimum absolute atomic E-state index is 0.0484. The summed E-state index contributed by atoms with van der Waals surface area (Å²) < 4.78 is 0. The lowest BCUT2D eigenvalue weighted by molar-refractivity contribution is 0.114. The molecule has 3 atom stereocenters. The number of benzene rings is 1. The second-order valence-corrected chi connectivity index (χ2v) is 6.53. The molecule has 3 N–H and O–H groups in total. The molecule has 112 valence electrons. The van der Waals surface area contributed by atoms with Crippen molar-refractivity contribution >= 4 is 0 Å². The number of rotatable bonds is 6. The molecule has 0 bridgehead atoms. The van der Waals surface area contributed by atoms with Crippen molar-refractivity contribution in [1.82, 2.24) is 5.32 Å². The Morgan fingerprint density at radius 3 is 2.70 bits per heavy atom. The van der Waals surface area contributed by atoms with Crippen LogP contribution in [0.15, 0.2) is 24.3 Å². The third kappa shape index (κ3) is 3.74. The molecule has 1 fully saturated rings. The number of aryl methyl sites for hydroxylation is 1. The van der Waals surface area contributed by atoms with Crippen molar-refractivity contribution in [3.63, 3.8) is 0 Å². The van der Waals surface area contributed by atoms with Crippen LogP contribution in [-0.4, -0.2) is 28.9 Å². The molecule has 0 unspecified atom stereocenters. The van der Waals surface area contributed by atoms with E-state index in [1.807, 2.05) is 12.1 Å². The van der Waals surface area contributed by atoms with Gasteiger partial charge in [0.1, 0.15) is 5.75 Å². The standard InChI is InChI=1S/C17H27NO2/c1-13(5-6-14-7-9-15(20)10-8-14)18-16-4-3-11-17(16,2)12-19/h7-10,13,16,18-20H,3-6,11-12H2,1-2H3/t13-,16+,17-/m1/s1. The average Bonchev–Trinajstić information content (AvgIpc) is 2.80. The van der Waals surface area contributed by atoms with Gasteiger partial charge in [0.2, 0.25) is 0 Å². The molecule has 1 saturated carbocycles. The van der Waals surface area contributed by atoms with Crippen LogP contribution in [0.2, 0.25) is 0 Å². The molecule has 0 amide bonds. The van der Waals surface area contributed by atoms with Crippen LogP contribution in [0.5, 0.6) is 5.75 Å². The number of aromatic hydroxyl groups is 1. The van der Waals surface area contributed by atoms with Gasteiger partial charge in [-0.05, 0) is 50.3 Å².